The topological polar surface area (TPSA) is 475 Å². The van der Waals surface area contributed by atoms with Crippen molar-refractivity contribution >= 4 is 76.5 Å². The lowest BCUT2D eigenvalue weighted by molar-refractivity contribution is -0.247. The highest BCUT2D eigenvalue weighted by atomic mass is 16.7. The zero-order chi connectivity index (χ0) is 96.1. The lowest BCUT2D eigenvalue weighted by atomic mass is 9.82. The number of unbranched alkanes of at least 4 members (excludes halogenated alkanes) is 5. The fourth-order valence-electron chi connectivity index (χ4n) is 15.3. The fourth-order valence-corrected chi connectivity index (χ4v) is 15.3. The minimum atomic E-state index is -1.27. The van der Waals surface area contributed by atoms with Crippen molar-refractivity contribution in [3.8, 4) is 0 Å². The Bertz CT molecular complexity index is 3190. The zero-order valence-electron chi connectivity index (χ0n) is 80.1. The molecule has 0 aromatic heterocycles. The van der Waals surface area contributed by atoms with E-state index in [1.54, 1.807) is 6.07 Å². The Labute approximate surface area is 774 Å². The van der Waals surface area contributed by atoms with Crippen molar-refractivity contribution in [2.45, 2.75) is 279 Å². The Morgan fingerprint density at radius 1 is 0.344 bits per heavy atom. The molecular formula is C93H157N7O31. The summed E-state index contributed by atoms with van der Waals surface area (Å²) in [7, 11) is 0. The van der Waals surface area contributed by atoms with Crippen molar-refractivity contribution < 1.29 is 148 Å². The molecule has 0 radical (unpaired) electrons. The second-order valence-corrected chi connectivity index (χ2v) is 33.9. The van der Waals surface area contributed by atoms with Gasteiger partial charge in [-0.2, -0.15) is 0 Å². The maximum absolute atomic E-state index is 14.2. The largest absolute Gasteiger partial charge is 0.463 e. The van der Waals surface area contributed by atoms with Gasteiger partial charge in [-0.05, 0) is 104 Å². The van der Waals surface area contributed by atoms with Gasteiger partial charge in [-0.15, -0.1) is 0 Å². The Morgan fingerprint density at radius 2 is 0.672 bits per heavy atom. The summed E-state index contributed by atoms with van der Waals surface area (Å²) in [5, 5.41) is 30.3. The van der Waals surface area contributed by atoms with Crippen molar-refractivity contribution in [2.75, 3.05) is 177 Å². The average Bonchev–Trinajstić information content (AvgIpc) is 0.810. The third-order valence-corrected chi connectivity index (χ3v) is 23.5. The number of hydrogen-bond donors (Lipinski definition) is 8. The minimum Gasteiger partial charge on any atom is -0.463 e. The maximum Gasteiger partial charge on any atom is 0.302 e. The molecule has 0 aliphatic carbocycles. The Kier molecular flexibility index (Phi) is 60.7. The lowest BCUT2D eigenvalue weighted by Gasteiger charge is -2.44. The van der Waals surface area contributed by atoms with Gasteiger partial charge in [-0.3, -0.25) is 57.5 Å². The molecule has 15 unspecified atom stereocenters. The average molecular weight is 1870 g/mol. The summed E-state index contributed by atoms with van der Waals surface area (Å²) in [4.78, 5) is 153. The number of aliphatic hydroxyl groups is 1. The molecular weight excluding hydrogens is 1710 g/mol. The van der Waals surface area contributed by atoms with Crippen LogP contribution in [0.3, 0.4) is 0 Å². The Morgan fingerprint density at radius 3 is 1.04 bits per heavy atom. The van der Waals surface area contributed by atoms with Gasteiger partial charge < -0.3 is 128 Å². The lowest BCUT2D eigenvalue weighted by Crippen LogP contribution is -2.58. The quantitative estimate of drug-likeness (QED) is 0.0201. The van der Waals surface area contributed by atoms with Crippen LogP contribution in [0.1, 0.15) is 217 Å². The molecule has 7 amide bonds. The van der Waals surface area contributed by atoms with Gasteiger partial charge in [0.1, 0.15) is 31.4 Å². The van der Waals surface area contributed by atoms with Gasteiger partial charge in [0.25, 0.3) is 0 Å². The number of ether oxygens (including phenoxy) is 18. The van der Waals surface area contributed by atoms with E-state index in [-0.39, 0.29) is 325 Å². The molecule has 3 aliphatic rings. The smallest absolute Gasteiger partial charge is 0.302 e. The molecule has 3 fully saturated rings. The van der Waals surface area contributed by atoms with E-state index in [1.807, 2.05) is 60.6 Å². The molecule has 15 atom stereocenters. The van der Waals surface area contributed by atoms with Crippen LogP contribution < -0.4 is 37.2 Å². The van der Waals surface area contributed by atoms with Crippen LogP contribution in [0.15, 0.2) is 18.2 Å². The molecule has 1 aromatic rings. The van der Waals surface area contributed by atoms with Gasteiger partial charge >= 0.3 is 17.9 Å². The predicted molar refractivity (Wildman–Crippen MR) is 479 cm³/mol. The van der Waals surface area contributed by atoms with Crippen LogP contribution in [0.25, 0.3) is 0 Å². The number of esters is 3. The highest BCUT2D eigenvalue weighted by molar-refractivity contribution is 5.91. The number of carbonyl (C=O) groups excluding carboxylic acids is 12. The highest BCUT2D eigenvalue weighted by Crippen LogP contribution is 2.36. The Hall–Kier alpha value is -7.38. The zero-order valence-corrected chi connectivity index (χ0v) is 80.1. The van der Waals surface area contributed by atoms with Gasteiger partial charge in [0, 0.05) is 124 Å². The van der Waals surface area contributed by atoms with Crippen LogP contribution in [-0.2, 0) is 156 Å². The van der Waals surface area contributed by atoms with E-state index in [0.717, 1.165) is 43.2 Å². The molecule has 38 heteroatoms. The summed E-state index contributed by atoms with van der Waals surface area (Å²) in [6.45, 7) is 26.9. The first-order chi connectivity index (χ1) is 62.8. The van der Waals surface area contributed by atoms with Gasteiger partial charge in [0.05, 0.1) is 175 Å². The fraction of sp³-hybridized carbons (Fsp3) is 0.806. The number of anilines is 1. The molecule has 0 spiro atoms. The van der Waals surface area contributed by atoms with Crippen LogP contribution in [-0.4, -0.2) is 308 Å². The van der Waals surface area contributed by atoms with Crippen molar-refractivity contribution in [2.24, 2.45) is 35.5 Å². The van der Waals surface area contributed by atoms with E-state index in [1.165, 1.54) is 41.5 Å². The van der Waals surface area contributed by atoms with Gasteiger partial charge in [0.2, 0.25) is 41.4 Å². The van der Waals surface area contributed by atoms with Gasteiger partial charge in [0.15, 0.2) is 18.9 Å². The van der Waals surface area contributed by atoms with Crippen LogP contribution >= 0.6 is 0 Å². The van der Waals surface area contributed by atoms with E-state index in [2.05, 4.69) is 37.2 Å². The van der Waals surface area contributed by atoms with Crippen LogP contribution in [0.2, 0.25) is 0 Å². The molecule has 3 saturated heterocycles. The first-order valence-corrected chi connectivity index (χ1v) is 47.0. The third kappa shape index (κ3) is 51.2. The molecule has 750 valence electrons. The molecule has 1 aromatic carbocycles. The van der Waals surface area contributed by atoms with E-state index in [4.69, 9.17) is 85.3 Å². The molecule has 3 heterocycles. The normalized spacial score (nSPS) is 22.3. The number of aryl methyl sites for hydroxylation is 1. The number of Topliss-reactive ketones (excluding diaryl/α,β-unsaturated/α-hetero) is 2. The van der Waals surface area contributed by atoms with E-state index in [9.17, 15) is 62.6 Å². The minimum absolute atomic E-state index is 0.0233. The van der Waals surface area contributed by atoms with E-state index < -0.39 is 84.7 Å². The summed E-state index contributed by atoms with van der Waals surface area (Å²) >= 11 is 0. The molecule has 38 nitrogen and oxygen atoms in total. The predicted octanol–water partition coefficient (Wildman–Crippen LogP) is 6.32. The SMILES string of the molecule is CCc1cc(CO)cc(NC(=O)CCCCCCCCC(=O)CCC(=O)NC(CCC(=O)CCCOCCOCCOCCOC2OC(COC(C)=O)C(C)C(C)C2NC(C)=O)(CCC(=O)NCCOCCOCCOCCOC2OC(COC(C)=O)C(C)C(C)C2NC(C)=O)CCC(=O)NCCOCCOCCOCCOC2OC(COC(C)=O)C(C)C(C)C2NC(C)=O)c1. The molecule has 3 aliphatic heterocycles. The summed E-state index contributed by atoms with van der Waals surface area (Å²) in [5.74, 6) is -3.79. The molecule has 4 rings (SSSR count). The number of amides is 7. The summed E-state index contributed by atoms with van der Waals surface area (Å²) in [5.41, 5.74) is 1.15. The van der Waals surface area contributed by atoms with Crippen molar-refractivity contribution in [1.82, 2.24) is 31.9 Å². The third-order valence-electron chi connectivity index (χ3n) is 23.5. The number of ketones is 2. The number of rotatable bonds is 74. The second-order valence-electron chi connectivity index (χ2n) is 33.9. The molecule has 0 saturated carbocycles. The van der Waals surface area contributed by atoms with E-state index >= 15 is 0 Å². The number of aliphatic hydroxyl groups excluding tert-OH is 1. The van der Waals surface area contributed by atoms with Crippen LogP contribution in [0.5, 0.6) is 0 Å². The van der Waals surface area contributed by atoms with Crippen molar-refractivity contribution in [1.29, 1.82) is 0 Å². The standard InChI is InChI=1S/C93H157N7O31/c1-14-75-56-76(59-101)58-77(57-75)99-85(112)24-20-18-16-15-17-19-22-78(108)25-26-86(113)100-93(30-27-79(109)23-21-35-114-38-41-117-44-47-120-50-53-123-90-87(96-69(8)102)66(5)63(2)80(129-90)60-126-72(11)105,31-28-83(110)94-33-36-115-39-42-118-45-48-121-51-54-124-91-88(97-70(9)103)67(6)64(3)81(130-91)61-127-73(12)106)32-29-84(111)95-34-37-116-40-43-119-46-49-122-52-55-125-92-89(98-71(10)104)68(7)65(4)82(131-92)62-128-74(13)107/h56-58,63-68,80-82,87-92,101H,14-55,59-62H2,1-13H3,(H,94,110)(H,95,111)(H,96,102)(H,97,103)(H,98,104)(H,99,112)(H,100,113). The Balaban J connectivity index is 1.32. The van der Waals surface area contributed by atoms with Crippen LogP contribution in [0.4, 0.5) is 5.69 Å². The molecule has 131 heavy (non-hydrogen) atoms. The first-order valence-electron chi connectivity index (χ1n) is 47.0. The van der Waals surface area contributed by atoms with E-state index in [0.29, 0.717) is 31.4 Å². The number of hydrogen-bond acceptors (Lipinski definition) is 31. The summed E-state index contributed by atoms with van der Waals surface area (Å²) < 4.78 is 104. The highest BCUT2D eigenvalue weighted by Gasteiger charge is 2.46. The maximum atomic E-state index is 14.2. The van der Waals surface area contributed by atoms with Crippen LogP contribution in [0, 0.1) is 35.5 Å². The van der Waals surface area contributed by atoms with Crippen molar-refractivity contribution in [3.05, 3.63) is 29.3 Å². The first kappa shape index (κ1) is 116. The monoisotopic (exact) mass is 1870 g/mol. The number of benzene rings is 1. The molecule has 0 bridgehead atoms. The summed E-state index contributed by atoms with van der Waals surface area (Å²) in [6.07, 6.45) is 2.53. The number of nitrogens with one attached hydrogen (secondary N) is 7. The van der Waals surface area contributed by atoms with Gasteiger partial charge in [-0.1, -0.05) is 80.2 Å². The number of carbonyl (C=O) groups is 12. The second kappa shape index (κ2) is 68.6. The van der Waals surface area contributed by atoms with Gasteiger partial charge in [-0.25, -0.2) is 0 Å². The summed E-state index contributed by atoms with van der Waals surface area (Å²) in [6, 6.07) is 4.30. The molecule has 8 N–H and O–H groups in total. The van der Waals surface area contributed by atoms with Crippen molar-refractivity contribution in [3.63, 3.8) is 0 Å².